The molecule has 1 heterocycles. The van der Waals surface area contributed by atoms with Crippen LogP contribution in [-0.2, 0) is 6.18 Å². The van der Waals surface area contributed by atoms with Crippen LogP contribution >= 0.6 is 0 Å². The molecule has 0 aliphatic carbocycles. The lowest BCUT2D eigenvalue weighted by molar-refractivity contribution is -0.137. The molecule has 0 amide bonds. The van der Waals surface area contributed by atoms with Crippen molar-refractivity contribution < 1.29 is 26.4 Å². The Morgan fingerprint density at radius 2 is 1.57 bits per heavy atom. The molecule has 0 N–H and O–H groups in total. The van der Waals surface area contributed by atoms with Crippen molar-refractivity contribution in [2.24, 2.45) is 0 Å². The van der Waals surface area contributed by atoms with Gasteiger partial charge in [-0.1, -0.05) is 12.1 Å². The molecule has 7 heteroatoms. The maximum absolute atomic E-state index is 13.7. The van der Waals surface area contributed by atoms with Crippen molar-refractivity contribution in [3.8, 4) is 11.3 Å². The van der Waals surface area contributed by atoms with Gasteiger partial charge in [-0.3, -0.25) is 4.79 Å². The molecule has 2 nitrogen and oxygen atoms in total. The highest BCUT2D eigenvalue weighted by atomic mass is 19.4. The third kappa shape index (κ3) is 2.81. The van der Waals surface area contributed by atoms with E-state index in [1.807, 2.05) is 0 Å². The van der Waals surface area contributed by atoms with E-state index in [0.29, 0.717) is 6.07 Å². The Labute approximate surface area is 125 Å². The van der Waals surface area contributed by atoms with Crippen LogP contribution in [0.15, 0.2) is 51.7 Å². The maximum Gasteiger partial charge on any atom is 0.416 e. The van der Waals surface area contributed by atoms with Crippen molar-refractivity contribution in [2.45, 2.75) is 6.18 Å². The molecule has 0 bridgehead atoms. The van der Waals surface area contributed by atoms with Gasteiger partial charge in [-0.05, 0) is 18.2 Å². The SMILES string of the molecule is O=c1cc(-c2ccc(C(F)(F)F)cc2)oc2c(F)cc(F)cc12. The second kappa shape index (κ2) is 5.19. The average molecular weight is 326 g/mol. The Hall–Kier alpha value is -2.70. The van der Waals surface area contributed by atoms with Crippen molar-refractivity contribution in [3.05, 3.63) is 69.9 Å². The Morgan fingerprint density at radius 1 is 0.913 bits per heavy atom. The maximum atomic E-state index is 13.7. The van der Waals surface area contributed by atoms with E-state index in [1.54, 1.807) is 0 Å². The monoisotopic (exact) mass is 326 g/mol. The van der Waals surface area contributed by atoms with E-state index in [2.05, 4.69) is 0 Å². The topological polar surface area (TPSA) is 30.2 Å². The average Bonchev–Trinajstić information content (AvgIpc) is 2.47. The predicted octanol–water partition coefficient (Wildman–Crippen LogP) is 4.76. The van der Waals surface area contributed by atoms with Gasteiger partial charge in [0.2, 0.25) is 0 Å². The Morgan fingerprint density at radius 3 is 2.17 bits per heavy atom. The summed E-state index contributed by atoms with van der Waals surface area (Å²) in [6.45, 7) is 0. The molecular formula is C16H7F5O2. The van der Waals surface area contributed by atoms with Crippen molar-refractivity contribution >= 4 is 11.0 Å². The molecule has 0 fully saturated rings. The molecule has 2 aromatic carbocycles. The first-order valence-electron chi connectivity index (χ1n) is 6.36. The molecule has 0 saturated heterocycles. The summed E-state index contributed by atoms with van der Waals surface area (Å²) in [6.07, 6.45) is -4.49. The molecule has 0 atom stereocenters. The van der Waals surface area contributed by atoms with E-state index in [1.165, 1.54) is 0 Å². The first-order chi connectivity index (χ1) is 10.8. The summed E-state index contributed by atoms with van der Waals surface area (Å²) in [5.74, 6) is -2.10. The summed E-state index contributed by atoms with van der Waals surface area (Å²) in [4.78, 5) is 11.9. The number of fused-ring (bicyclic) bond motifs is 1. The van der Waals surface area contributed by atoms with Crippen LogP contribution in [0.5, 0.6) is 0 Å². The van der Waals surface area contributed by atoms with Crippen LogP contribution in [0.25, 0.3) is 22.3 Å². The Bertz CT molecular complexity index is 940. The van der Waals surface area contributed by atoms with Gasteiger partial charge in [0, 0.05) is 17.7 Å². The second-order valence-corrected chi connectivity index (χ2v) is 4.81. The first kappa shape index (κ1) is 15.2. The van der Waals surface area contributed by atoms with Gasteiger partial charge >= 0.3 is 6.18 Å². The van der Waals surface area contributed by atoms with Crippen molar-refractivity contribution in [1.29, 1.82) is 0 Å². The fourth-order valence-corrected chi connectivity index (χ4v) is 2.15. The molecule has 0 aliphatic heterocycles. The number of hydrogen-bond acceptors (Lipinski definition) is 2. The van der Waals surface area contributed by atoms with E-state index >= 15 is 0 Å². The van der Waals surface area contributed by atoms with Crippen LogP contribution in [-0.4, -0.2) is 0 Å². The third-order valence-electron chi connectivity index (χ3n) is 3.24. The van der Waals surface area contributed by atoms with Gasteiger partial charge in [0.1, 0.15) is 11.6 Å². The summed E-state index contributed by atoms with van der Waals surface area (Å²) < 4.78 is 69.6. The van der Waals surface area contributed by atoms with E-state index in [-0.39, 0.29) is 16.7 Å². The molecule has 118 valence electrons. The van der Waals surface area contributed by atoms with E-state index < -0.39 is 34.4 Å². The van der Waals surface area contributed by atoms with E-state index in [4.69, 9.17) is 4.42 Å². The minimum atomic E-state index is -4.49. The molecule has 0 aliphatic rings. The summed E-state index contributed by atoms with van der Waals surface area (Å²) in [6, 6.07) is 6.22. The van der Waals surface area contributed by atoms with E-state index in [9.17, 15) is 26.7 Å². The van der Waals surface area contributed by atoms with Gasteiger partial charge in [-0.25, -0.2) is 8.78 Å². The highest BCUT2D eigenvalue weighted by molar-refractivity contribution is 5.79. The smallest absolute Gasteiger partial charge is 0.416 e. The largest absolute Gasteiger partial charge is 0.453 e. The van der Waals surface area contributed by atoms with Gasteiger partial charge in [-0.15, -0.1) is 0 Å². The molecule has 0 radical (unpaired) electrons. The highest BCUT2D eigenvalue weighted by Crippen LogP contribution is 2.31. The summed E-state index contributed by atoms with van der Waals surface area (Å²) in [5.41, 5.74) is -1.84. The highest BCUT2D eigenvalue weighted by Gasteiger charge is 2.30. The fraction of sp³-hybridized carbons (Fsp3) is 0.0625. The normalized spacial score (nSPS) is 11.9. The summed E-state index contributed by atoms with van der Waals surface area (Å²) in [7, 11) is 0. The lowest BCUT2D eigenvalue weighted by Crippen LogP contribution is -2.05. The van der Waals surface area contributed by atoms with Crippen molar-refractivity contribution in [1.82, 2.24) is 0 Å². The zero-order chi connectivity index (χ0) is 16.8. The zero-order valence-electron chi connectivity index (χ0n) is 11.2. The van der Waals surface area contributed by atoms with Crippen LogP contribution in [0.4, 0.5) is 22.0 Å². The van der Waals surface area contributed by atoms with Crippen molar-refractivity contribution in [3.63, 3.8) is 0 Å². The van der Waals surface area contributed by atoms with Crippen LogP contribution in [0.1, 0.15) is 5.56 Å². The molecule has 3 aromatic rings. The molecule has 1 aromatic heterocycles. The Kier molecular flexibility index (Phi) is 3.43. The second-order valence-electron chi connectivity index (χ2n) is 4.81. The minimum absolute atomic E-state index is 0.110. The van der Waals surface area contributed by atoms with Crippen LogP contribution in [0.3, 0.4) is 0 Å². The third-order valence-corrected chi connectivity index (χ3v) is 3.24. The zero-order valence-corrected chi connectivity index (χ0v) is 11.2. The van der Waals surface area contributed by atoms with Gasteiger partial charge in [0.05, 0.1) is 10.9 Å². The van der Waals surface area contributed by atoms with Crippen molar-refractivity contribution in [2.75, 3.05) is 0 Å². The van der Waals surface area contributed by atoms with Crippen LogP contribution in [0.2, 0.25) is 0 Å². The van der Waals surface area contributed by atoms with Gasteiger partial charge in [0.15, 0.2) is 16.8 Å². The first-order valence-corrected chi connectivity index (χ1v) is 6.36. The summed E-state index contributed by atoms with van der Waals surface area (Å²) >= 11 is 0. The molecule has 23 heavy (non-hydrogen) atoms. The number of hydrogen-bond donors (Lipinski definition) is 0. The molecule has 0 spiro atoms. The Balaban J connectivity index is 2.16. The lowest BCUT2D eigenvalue weighted by atomic mass is 10.1. The minimum Gasteiger partial charge on any atom is -0.453 e. The molecule has 0 saturated carbocycles. The molecular weight excluding hydrogens is 319 g/mol. The molecule has 3 rings (SSSR count). The quantitative estimate of drug-likeness (QED) is 0.604. The fourth-order valence-electron chi connectivity index (χ4n) is 2.15. The van der Waals surface area contributed by atoms with Gasteiger partial charge in [0.25, 0.3) is 0 Å². The number of rotatable bonds is 1. The predicted molar refractivity (Wildman–Crippen MR) is 72.8 cm³/mol. The van der Waals surface area contributed by atoms with Crippen LogP contribution in [0, 0.1) is 11.6 Å². The number of benzene rings is 2. The van der Waals surface area contributed by atoms with E-state index in [0.717, 1.165) is 36.4 Å². The standard InChI is InChI=1S/C16H7F5O2/c17-10-5-11-13(22)7-14(23-15(11)12(18)6-10)8-1-3-9(4-2-8)16(19,20)21/h1-7H. The van der Waals surface area contributed by atoms with Crippen LogP contribution < -0.4 is 5.43 Å². The number of alkyl halides is 3. The molecule has 0 unspecified atom stereocenters. The number of halogens is 5. The summed E-state index contributed by atoms with van der Waals surface area (Å²) in [5, 5.41) is -0.279. The van der Waals surface area contributed by atoms with Gasteiger partial charge < -0.3 is 4.42 Å². The lowest BCUT2D eigenvalue weighted by Gasteiger charge is -2.08. The van der Waals surface area contributed by atoms with Gasteiger partial charge in [-0.2, -0.15) is 13.2 Å².